The zero-order chi connectivity index (χ0) is 13.6. The molecular weight excluding hydrogens is 236 g/mol. The number of hydrogen-bond donors (Lipinski definition) is 0. The van der Waals surface area contributed by atoms with Crippen LogP contribution in [0.1, 0.15) is 41.3 Å². The number of benzene rings is 1. The molecule has 2 heterocycles. The van der Waals surface area contributed by atoms with Gasteiger partial charge in [-0.15, -0.1) is 0 Å². The molecule has 1 aromatic carbocycles. The van der Waals surface area contributed by atoms with Gasteiger partial charge in [0.15, 0.2) is 5.78 Å². The highest BCUT2D eigenvalue weighted by Gasteiger charge is 2.20. The van der Waals surface area contributed by atoms with E-state index in [1.54, 1.807) is 0 Å². The van der Waals surface area contributed by atoms with Crippen LogP contribution in [-0.4, -0.2) is 22.3 Å². The Balaban J connectivity index is 2.16. The SMILES string of the molecule is CCCC(=O)c1cn(C)c2cc3c(cc12)CN(C)C3. The molecule has 3 heteroatoms. The van der Waals surface area contributed by atoms with E-state index in [2.05, 4.69) is 35.6 Å². The maximum absolute atomic E-state index is 12.2. The number of nitrogens with zero attached hydrogens (tertiary/aromatic N) is 2. The van der Waals surface area contributed by atoms with Crippen LogP contribution in [0.15, 0.2) is 18.3 Å². The average Bonchev–Trinajstić information content (AvgIpc) is 2.87. The second-order valence-corrected chi connectivity index (χ2v) is 5.64. The van der Waals surface area contributed by atoms with Crippen molar-refractivity contribution in [3.63, 3.8) is 0 Å². The Labute approximate surface area is 113 Å². The van der Waals surface area contributed by atoms with Crippen molar-refractivity contribution in [1.29, 1.82) is 0 Å². The second kappa shape index (κ2) is 4.49. The van der Waals surface area contributed by atoms with Gasteiger partial charge in [-0.1, -0.05) is 6.92 Å². The van der Waals surface area contributed by atoms with Gasteiger partial charge in [0.25, 0.3) is 0 Å². The molecule has 2 aromatic rings. The van der Waals surface area contributed by atoms with E-state index in [4.69, 9.17) is 0 Å². The number of aryl methyl sites for hydroxylation is 1. The highest BCUT2D eigenvalue weighted by Crippen LogP contribution is 2.30. The summed E-state index contributed by atoms with van der Waals surface area (Å²) in [6.07, 6.45) is 3.53. The van der Waals surface area contributed by atoms with Gasteiger partial charge in [-0.3, -0.25) is 9.69 Å². The van der Waals surface area contributed by atoms with Crippen LogP contribution < -0.4 is 0 Å². The maximum Gasteiger partial charge on any atom is 0.165 e. The van der Waals surface area contributed by atoms with Gasteiger partial charge < -0.3 is 4.57 Å². The smallest absolute Gasteiger partial charge is 0.165 e. The minimum atomic E-state index is 0.263. The zero-order valence-electron chi connectivity index (χ0n) is 11.9. The molecular formula is C16H20N2O. The molecule has 0 amide bonds. The van der Waals surface area contributed by atoms with Crippen molar-refractivity contribution in [2.24, 2.45) is 7.05 Å². The normalized spacial score (nSPS) is 15.1. The molecule has 0 spiro atoms. The Bertz CT molecular complexity index is 654. The first-order valence-corrected chi connectivity index (χ1v) is 6.92. The lowest BCUT2D eigenvalue weighted by molar-refractivity contribution is 0.0983. The van der Waals surface area contributed by atoms with Crippen LogP contribution in [-0.2, 0) is 20.1 Å². The molecule has 1 aromatic heterocycles. The predicted molar refractivity (Wildman–Crippen MR) is 77.3 cm³/mol. The predicted octanol–water partition coefficient (Wildman–Crippen LogP) is 3.11. The quantitative estimate of drug-likeness (QED) is 0.788. The van der Waals surface area contributed by atoms with Crippen molar-refractivity contribution < 1.29 is 4.79 Å². The highest BCUT2D eigenvalue weighted by molar-refractivity contribution is 6.08. The molecule has 1 aliphatic heterocycles. The maximum atomic E-state index is 12.2. The van der Waals surface area contributed by atoms with E-state index in [1.807, 2.05) is 13.2 Å². The lowest BCUT2D eigenvalue weighted by Crippen LogP contribution is -2.07. The molecule has 19 heavy (non-hydrogen) atoms. The minimum absolute atomic E-state index is 0.263. The van der Waals surface area contributed by atoms with E-state index < -0.39 is 0 Å². The van der Waals surface area contributed by atoms with Gasteiger partial charge in [0.1, 0.15) is 0 Å². The van der Waals surface area contributed by atoms with E-state index in [-0.39, 0.29) is 5.78 Å². The van der Waals surface area contributed by atoms with Gasteiger partial charge in [0.05, 0.1) is 0 Å². The molecule has 0 unspecified atom stereocenters. The highest BCUT2D eigenvalue weighted by atomic mass is 16.1. The fraction of sp³-hybridized carbons (Fsp3) is 0.438. The average molecular weight is 256 g/mol. The largest absolute Gasteiger partial charge is 0.350 e. The first-order valence-electron chi connectivity index (χ1n) is 6.92. The number of carbonyl (C=O) groups excluding carboxylic acids is 1. The first kappa shape index (κ1) is 12.4. The number of hydrogen-bond acceptors (Lipinski definition) is 2. The molecule has 0 N–H and O–H groups in total. The van der Waals surface area contributed by atoms with E-state index in [0.29, 0.717) is 6.42 Å². The lowest BCUT2D eigenvalue weighted by atomic mass is 10.0. The molecule has 3 rings (SSSR count). The Morgan fingerprint density at radius 1 is 1.21 bits per heavy atom. The van der Waals surface area contributed by atoms with E-state index >= 15 is 0 Å². The summed E-state index contributed by atoms with van der Waals surface area (Å²) in [5, 5.41) is 1.12. The van der Waals surface area contributed by atoms with Crippen LogP contribution in [0.2, 0.25) is 0 Å². The zero-order valence-corrected chi connectivity index (χ0v) is 11.9. The molecule has 0 bridgehead atoms. The van der Waals surface area contributed by atoms with Crippen LogP contribution in [0.25, 0.3) is 10.9 Å². The van der Waals surface area contributed by atoms with Gasteiger partial charge >= 0.3 is 0 Å². The Morgan fingerprint density at radius 2 is 1.89 bits per heavy atom. The summed E-state index contributed by atoms with van der Waals surface area (Å²) in [6, 6.07) is 4.47. The van der Waals surface area contributed by atoms with E-state index in [9.17, 15) is 4.79 Å². The standard InChI is InChI=1S/C16H20N2O/c1-4-5-16(19)14-10-18(3)15-7-12-9-17(2)8-11(12)6-13(14)15/h6-7,10H,4-5,8-9H2,1-3H3. The van der Waals surface area contributed by atoms with Gasteiger partial charge in [-0.2, -0.15) is 0 Å². The van der Waals surface area contributed by atoms with E-state index in [0.717, 1.165) is 30.5 Å². The minimum Gasteiger partial charge on any atom is -0.350 e. The van der Waals surface area contributed by atoms with Crippen molar-refractivity contribution in [2.75, 3.05) is 7.05 Å². The topological polar surface area (TPSA) is 25.2 Å². The third-order valence-electron chi connectivity index (χ3n) is 3.97. The Morgan fingerprint density at radius 3 is 2.58 bits per heavy atom. The molecule has 0 radical (unpaired) electrons. The summed E-state index contributed by atoms with van der Waals surface area (Å²) >= 11 is 0. The van der Waals surface area contributed by atoms with E-state index in [1.165, 1.54) is 16.6 Å². The second-order valence-electron chi connectivity index (χ2n) is 5.64. The van der Waals surface area contributed by atoms with Crippen molar-refractivity contribution >= 4 is 16.7 Å². The van der Waals surface area contributed by atoms with Crippen LogP contribution in [0.3, 0.4) is 0 Å². The fourth-order valence-electron chi connectivity index (χ4n) is 3.03. The molecule has 3 nitrogen and oxygen atoms in total. The number of fused-ring (bicyclic) bond motifs is 2. The summed E-state index contributed by atoms with van der Waals surface area (Å²) in [5.74, 6) is 0.263. The van der Waals surface area contributed by atoms with Crippen LogP contribution >= 0.6 is 0 Å². The first-order chi connectivity index (χ1) is 9.10. The summed E-state index contributed by atoms with van der Waals surface area (Å²) < 4.78 is 2.08. The summed E-state index contributed by atoms with van der Waals surface area (Å²) in [5.41, 5.74) is 4.82. The third-order valence-corrected chi connectivity index (χ3v) is 3.97. The number of Topliss-reactive ketones (excluding diaryl/α,β-unsaturated/α-hetero) is 1. The molecule has 0 aliphatic carbocycles. The summed E-state index contributed by atoms with van der Waals surface area (Å²) in [6.45, 7) is 4.05. The van der Waals surface area contributed by atoms with Crippen molar-refractivity contribution in [2.45, 2.75) is 32.9 Å². The van der Waals surface area contributed by atoms with Gasteiger partial charge in [0.2, 0.25) is 0 Å². The molecule has 0 saturated carbocycles. The monoisotopic (exact) mass is 256 g/mol. The third kappa shape index (κ3) is 1.98. The molecule has 1 aliphatic rings. The molecule has 0 atom stereocenters. The number of aromatic nitrogens is 1. The van der Waals surface area contributed by atoms with Crippen LogP contribution in [0, 0.1) is 0 Å². The summed E-state index contributed by atoms with van der Waals surface area (Å²) in [7, 11) is 4.16. The van der Waals surface area contributed by atoms with Crippen molar-refractivity contribution in [3.8, 4) is 0 Å². The lowest BCUT2D eigenvalue weighted by Gasteiger charge is -2.02. The van der Waals surface area contributed by atoms with Gasteiger partial charge in [-0.25, -0.2) is 0 Å². The Kier molecular flexibility index (Phi) is 2.94. The number of carbonyl (C=O) groups is 1. The molecule has 0 saturated heterocycles. The van der Waals surface area contributed by atoms with Crippen molar-refractivity contribution in [1.82, 2.24) is 9.47 Å². The van der Waals surface area contributed by atoms with Gasteiger partial charge in [0, 0.05) is 49.2 Å². The number of ketones is 1. The van der Waals surface area contributed by atoms with Crippen LogP contribution in [0.5, 0.6) is 0 Å². The van der Waals surface area contributed by atoms with Crippen molar-refractivity contribution in [3.05, 3.63) is 35.0 Å². The molecule has 100 valence electrons. The fourth-order valence-corrected chi connectivity index (χ4v) is 3.03. The van der Waals surface area contributed by atoms with Crippen LogP contribution in [0.4, 0.5) is 0 Å². The Hall–Kier alpha value is -1.61. The summed E-state index contributed by atoms with van der Waals surface area (Å²) in [4.78, 5) is 14.5. The molecule has 0 fully saturated rings. The number of rotatable bonds is 3. The van der Waals surface area contributed by atoms with Gasteiger partial charge in [-0.05, 0) is 36.7 Å².